The molecular weight excluding hydrogens is 340 g/mol. The minimum Gasteiger partial charge on any atom is -0.397 e. The van der Waals surface area contributed by atoms with Crippen LogP contribution in [-0.2, 0) is 11.2 Å². The number of nitrogens with zero attached hydrogens (tertiary/aromatic N) is 2. The van der Waals surface area contributed by atoms with Gasteiger partial charge in [0.2, 0.25) is 5.91 Å². The van der Waals surface area contributed by atoms with Crippen LogP contribution in [0.15, 0.2) is 41.0 Å². The predicted molar refractivity (Wildman–Crippen MR) is 81.8 cm³/mol. The molecule has 2 rings (SSSR count). The first-order valence-electron chi connectivity index (χ1n) is 5.90. The quantitative estimate of drug-likeness (QED) is 0.649. The number of hydrogen-bond donors (Lipinski definition) is 2. The predicted octanol–water partition coefficient (Wildman–Crippen LogP) is 2.52. The number of anilines is 2. The Hall–Kier alpha value is -2.48. The first-order valence-corrected chi connectivity index (χ1v) is 6.69. The number of nitro benzene ring substituents is 1. The van der Waals surface area contributed by atoms with Gasteiger partial charge in [-0.05, 0) is 40.2 Å². The zero-order valence-electron chi connectivity index (χ0n) is 10.7. The van der Waals surface area contributed by atoms with Crippen molar-refractivity contribution in [3.8, 4) is 0 Å². The maximum Gasteiger partial charge on any atom is 0.285 e. The molecule has 1 aromatic carbocycles. The number of benzene rings is 1. The SMILES string of the molecule is Nc1ccc(CC(=O)Nc2ccc(Br)c([N+](=O)[O-])c2)nc1. The normalized spacial score (nSPS) is 10.1. The lowest BCUT2D eigenvalue weighted by Crippen LogP contribution is -2.15. The molecule has 0 fully saturated rings. The second-order valence-electron chi connectivity index (χ2n) is 4.23. The number of nitrogens with two attached hydrogens (primary N) is 1. The summed E-state index contributed by atoms with van der Waals surface area (Å²) in [5.74, 6) is -0.316. The Kier molecular flexibility index (Phi) is 4.49. The molecule has 1 heterocycles. The summed E-state index contributed by atoms with van der Waals surface area (Å²) in [5, 5.41) is 13.4. The third kappa shape index (κ3) is 3.99. The number of rotatable bonds is 4. The van der Waals surface area contributed by atoms with Gasteiger partial charge in [0.15, 0.2) is 0 Å². The molecule has 1 amide bonds. The van der Waals surface area contributed by atoms with Gasteiger partial charge in [0.1, 0.15) is 0 Å². The molecule has 1 aromatic heterocycles. The molecule has 108 valence electrons. The van der Waals surface area contributed by atoms with Gasteiger partial charge in [-0.3, -0.25) is 19.9 Å². The van der Waals surface area contributed by atoms with Crippen LogP contribution in [-0.4, -0.2) is 15.8 Å². The molecule has 7 nitrogen and oxygen atoms in total. The fourth-order valence-corrected chi connectivity index (χ4v) is 2.03. The fraction of sp³-hybridized carbons (Fsp3) is 0.0769. The van der Waals surface area contributed by atoms with E-state index in [1.807, 2.05) is 0 Å². The van der Waals surface area contributed by atoms with Crippen molar-refractivity contribution in [1.29, 1.82) is 0 Å². The van der Waals surface area contributed by atoms with Crippen LogP contribution in [0.25, 0.3) is 0 Å². The summed E-state index contributed by atoms with van der Waals surface area (Å²) in [7, 11) is 0. The number of nitro groups is 1. The summed E-state index contributed by atoms with van der Waals surface area (Å²) >= 11 is 3.08. The molecule has 0 atom stereocenters. The molecule has 0 unspecified atom stereocenters. The van der Waals surface area contributed by atoms with Crippen LogP contribution in [0.4, 0.5) is 17.1 Å². The molecule has 0 aliphatic heterocycles. The van der Waals surface area contributed by atoms with E-state index in [0.29, 0.717) is 21.5 Å². The van der Waals surface area contributed by atoms with Gasteiger partial charge in [-0.25, -0.2) is 0 Å². The van der Waals surface area contributed by atoms with E-state index in [2.05, 4.69) is 26.2 Å². The molecule has 21 heavy (non-hydrogen) atoms. The number of nitrogen functional groups attached to an aromatic ring is 1. The van der Waals surface area contributed by atoms with E-state index in [1.165, 1.54) is 18.3 Å². The Morgan fingerprint density at radius 2 is 2.14 bits per heavy atom. The van der Waals surface area contributed by atoms with Gasteiger partial charge in [-0.1, -0.05) is 0 Å². The van der Waals surface area contributed by atoms with Crippen LogP contribution < -0.4 is 11.1 Å². The molecule has 0 saturated heterocycles. The second-order valence-corrected chi connectivity index (χ2v) is 5.09. The third-order valence-electron chi connectivity index (χ3n) is 2.62. The summed E-state index contributed by atoms with van der Waals surface area (Å²) in [6.07, 6.45) is 1.53. The zero-order valence-corrected chi connectivity index (χ0v) is 12.3. The number of pyridine rings is 1. The average Bonchev–Trinajstić information content (AvgIpc) is 2.43. The molecule has 0 aliphatic carbocycles. The van der Waals surface area contributed by atoms with Crippen LogP contribution in [0.2, 0.25) is 0 Å². The first kappa shape index (κ1) is 14.9. The van der Waals surface area contributed by atoms with Crippen LogP contribution in [0, 0.1) is 10.1 Å². The Labute approximate surface area is 128 Å². The number of hydrogen-bond acceptors (Lipinski definition) is 5. The minimum absolute atomic E-state index is 0.0597. The molecule has 0 aliphatic rings. The highest BCUT2D eigenvalue weighted by Crippen LogP contribution is 2.27. The fourth-order valence-electron chi connectivity index (χ4n) is 1.64. The van der Waals surface area contributed by atoms with Gasteiger partial charge in [0, 0.05) is 17.4 Å². The summed E-state index contributed by atoms with van der Waals surface area (Å²) < 4.78 is 0.353. The number of carbonyl (C=O) groups is 1. The van der Waals surface area contributed by atoms with Crippen molar-refractivity contribution in [1.82, 2.24) is 4.98 Å². The highest BCUT2D eigenvalue weighted by atomic mass is 79.9. The number of amides is 1. The van der Waals surface area contributed by atoms with Crippen LogP contribution in [0.3, 0.4) is 0 Å². The van der Waals surface area contributed by atoms with Crippen LogP contribution in [0.5, 0.6) is 0 Å². The maximum atomic E-state index is 11.9. The van der Waals surface area contributed by atoms with Gasteiger partial charge in [-0.2, -0.15) is 0 Å². The lowest BCUT2D eigenvalue weighted by Gasteiger charge is -2.06. The lowest BCUT2D eigenvalue weighted by molar-refractivity contribution is -0.385. The Morgan fingerprint density at radius 1 is 1.38 bits per heavy atom. The van der Waals surface area contributed by atoms with Crippen molar-refractivity contribution in [2.24, 2.45) is 0 Å². The molecule has 8 heteroatoms. The van der Waals surface area contributed by atoms with E-state index in [-0.39, 0.29) is 18.0 Å². The van der Waals surface area contributed by atoms with Crippen molar-refractivity contribution in [2.75, 3.05) is 11.1 Å². The number of aromatic nitrogens is 1. The Morgan fingerprint density at radius 3 is 2.76 bits per heavy atom. The summed E-state index contributed by atoms with van der Waals surface area (Å²) in [5.41, 5.74) is 6.83. The van der Waals surface area contributed by atoms with E-state index in [1.54, 1.807) is 18.2 Å². The molecule has 0 saturated carbocycles. The minimum atomic E-state index is -0.527. The second kappa shape index (κ2) is 6.31. The van der Waals surface area contributed by atoms with Crippen molar-refractivity contribution in [2.45, 2.75) is 6.42 Å². The molecule has 2 aromatic rings. The van der Waals surface area contributed by atoms with E-state index in [9.17, 15) is 14.9 Å². The highest BCUT2D eigenvalue weighted by molar-refractivity contribution is 9.10. The van der Waals surface area contributed by atoms with Crippen LogP contribution in [0.1, 0.15) is 5.69 Å². The monoisotopic (exact) mass is 350 g/mol. The van der Waals surface area contributed by atoms with Crippen LogP contribution >= 0.6 is 15.9 Å². The summed E-state index contributed by atoms with van der Waals surface area (Å²) in [6.45, 7) is 0. The summed E-state index contributed by atoms with van der Waals surface area (Å²) in [6, 6.07) is 7.68. The van der Waals surface area contributed by atoms with Gasteiger partial charge in [0.25, 0.3) is 5.69 Å². The zero-order chi connectivity index (χ0) is 15.4. The van der Waals surface area contributed by atoms with Crippen molar-refractivity contribution in [3.63, 3.8) is 0 Å². The van der Waals surface area contributed by atoms with Crippen molar-refractivity contribution in [3.05, 3.63) is 56.8 Å². The first-order chi connectivity index (χ1) is 9.95. The average molecular weight is 351 g/mol. The van der Waals surface area contributed by atoms with Gasteiger partial charge in [0.05, 0.1) is 27.7 Å². The Bertz CT molecular complexity index is 688. The van der Waals surface area contributed by atoms with E-state index in [0.717, 1.165) is 0 Å². The molecule has 3 N–H and O–H groups in total. The molecular formula is C13H11BrN4O3. The molecule has 0 spiro atoms. The molecule has 0 radical (unpaired) electrons. The van der Waals surface area contributed by atoms with Crippen molar-refractivity contribution < 1.29 is 9.72 Å². The number of nitrogens with one attached hydrogen (secondary N) is 1. The van der Waals surface area contributed by atoms with Gasteiger partial charge < -0.3 is 11.1 Å². The number of halogens is 1. The van der Waals surface area contributed by atoms with Gasteiger partial charge in [-0.15, -0.1) is 0 Å². The van der Waals surface area contributed by atoms with E-state index in [4.69, 9.17) is 5.73 Å². The van der Waals surface area contributed by atoms with Gasteiger partial charge >= 0.3 is 0 Å². The highest BCUT2D eigenvalue weighted by Gasteiger charge is 2.13. The largest absolute Gasteiger partial charge is 0.397 e. The topological polar surface area (TPSA) is 111 Å². The number of carbonyl (C=O) groups excluding carboxylic acids is 1. The summed E-state index contributed by atoms with van der Waals surface area (Å²) in [4.78, 5) is 26.2. The van der Waals surface area contributed by atoms with E-state index < -0.39 is 4.92 Å². The maximum absolute atomic E-state index is 11.9. The van der Waals surface area contributed by atoms with E-state index >= 15 is 0 Å². The Balaban J connectivity index is 2.07. The standard InChI is InChI=1S/C13H11BrN4O3/c14-11-4-3-10(5-12(11)18(20)21)17-13(19)6-9-2-1-8(15)7-16-9/h1-5,7H,6,15H2,(H,17,19). The lowest BCUT2D eigenvalue weighted by atomic mass is 10.2. The smallest absolute Gasteiger partial charge is 0.285 e. The third-order valence-corrected chi connectivity index (χ3v) is 3.29. The molecule has 0 bridgehead atoms. The van der Waals surface area contributed by atoms with Crippen molar-refractivity contribution >= 4 is 38.9 Å².